The molecule has 0 saturated heterocycles. The van der Waals surface area contributed by atoms with Crippen molar-refractivity contribution in [2.75, 3.05) is 39.2 Å². The Morgan fingerprint density at radius 2 is 1.89 bits per heavy atom. The number of carboxylic acids is 1. The lowest BCUT2D eigenvalue weighted by Crippen LogP contribution is -2.46. The van der Waals surface area contributed by atoms with Gasteiger partial charge in [-0.3, -0.25) is 14.5 Å². The summed E-state index contributed by atoms with van der Waals surface area (Å²) in [5, 5.41) is 12.4. The number of carboxylic acid groups (broad SMARTS) is 1. The first-order valence-electron chi connectivity index (χ1n) is 12.0. The summed E-state index contributed by atoms with van der Waals surface area (Å²) in [5.41, 5.74) is 1.91. The average Bonchev–Trinajstić information content (AvgIpc) is 2.84. The molecule has 2 amide bonds. The van der Waals surface area contributed by atoms with Crippen LogP contribution in [0.1, 0.15) is 47.1 Å². The summed E-state index contributed by atoms with van der Waals surface area (Å²) >= 11 is 0. The van der Waals surface area contributed by atoms with E-state index in [1.807, 2.05) is 19.1 Å². The van der Waals surface area contributed by atoms with Crippen molar-refractivity contribution in [1.29, 1.82) is 0 Å². The van der Waals surface area contributed by atoms with Gasteiger partial charge < -0.3 is 24.8 Å². The van der Waals surface area contributed by atoms with Crippen molar-refractivity contribution in [3.8, 4) is 5.75 Å². The van der Waals surface area contributed by atoms with Crippen molar-refractivity contribution < 1.29 is 29.0 Å². The van der Waals surface area contributed by atoms with Gasteiger partial charge in [0.25, 0.3) is 5.91 Å². The number of amides is 2. The monoisotopic (exact) mass is 497 g/mol. The van der Waals surface area contributed by atoms with Gasteiger partial charge >= 0.3 is 5.97 Å². The van der Waals surface area contributed by atoms with Crippen molar-refractivity contribution in [2.45, 2.75) is 39.5 Å². The Hall–Kier alpha value is -3.43. The maximum absolute atomic E-state index is 13.3. The number of benzene rings is 2. The van der Waals surface area contributed by atoms with Gasteiger partial charge in [0.1, 0.15) is 12.4 Å². The molecule has 9 nitrogen and oxygen atoms in total. The molecule has 3 atom stereocenters. The van der Waals surface area contributed by atoms with Crippen LogP contribution in [0.4, 0.5) is 5.69 Å². The molecule has 3 rings (SSSR count). The van der Waals surface area contributed by atoms with Crippen LogP contribution >= 0.6 is 0 Å². The molecule has 0 saturated carbocycles. The number of ether oxygens (including phenoxy) is 2. The molecule has 1 aliphatic heterocycles. The predicted molar refractivity (Wildman–Crippen MR) is 136 cm³/mol. The Bertz CT molecular complexity index is 1100. The van der Waals surface area contributed by atoms with Crippen molar-refractivity contribution in [1.82, 2.24) is 9.80 Å². The first-order chi connectivity index (χ1) is 17.1. The topological polar surface area (TPSA) is 108 Å². The highest BCUT2D eigenvalue weighted by Gasteiger charge is 2.29. The fourth-order valence-corrected chi connectivity index (χ4v) is 4.43. The lowest BCUT2D eigenvalue weighted by atomic mass is 10.00. The fraction of sp³-hybridized carbons (Fsp3) is 0.444. The van der Waals surface area contributed by atoms with Crippen LogP contribution in [-0.4, -0.2) is 78.7 Å². The van der Waals surface area contributed by atoms with Crippen molar-refractivity contribution >= 4 is 23.5 Å². The molecule has 1 aliphatic rings. The third kappa shape index (κ3) is 6.61. The van der Waals surface area contributed by atoms with E-state index >= 15 is 0 Å². The van der Waals surface area contributed by atoms with E-state index in [9.17, 15) is 19.5 Å². The molecule has 36 heavy (non-hydrogen) atoms. The minimum absolute atomic E-state index is 0.0470. The van der Waals surface area contributed by atoms with Crippen molar-refractivity contribution in [2.24, 2.45) is 5.92 Å². The fourth-order valence-electron chi connectivity index (χ4n) is 4.43. The summed E-state index contributed by atoms with van der Waals surface area (Å²) in [5.74, 6) is -0.968. The summed E-state index contributed by atoms with van der Waals surface area (Å²) < 4.78 is 11.9. The Balaban J connectivity index is 1.98. The molecular weight excluding hydrogens is 462 g/mol. The molecule has 2 aromatic carbocycles. The number of anilines is 1. The SMILES string of the molecule is CO[C@@H]1CN(C)C(=O)c2ccc(NC(C)=O)cc2OC[C@H](C)N(Cc2ccccc2C(=O)O)C[C@H]1C. The maximum Gasteiger partial charge on any atom is 0.336 e. The summed E-state index contributed by atoms with van der Waals surface area (Å²) in [7, 11) is 3.36. The molecule has 2 N–H and O–H groups in total. The highest BCUT2D eigenvalue weighted by molar-refractivity contribution is 5.98. The summed E-state index contributed by atoms with van der Waals surface area (Å²) in [6.07, 6.45) is -0.231. The molecule has 0 radical (unpaired) electrons. The van der Waals surface area contributed by atoms with Gasteiger partial charge in [-0.1, -0.05) is 25.1 Å². The molecular formula is C27H35N3O6. The minimum atomic E-state index is -0.966. The van der Waals surface area contributed by atoms with Gasteiger partial charge in [0.15, 0.2) is 0 Å². The molecule has 0 aromatic heterocycles. The number of methoxy groups -OCH3 is 1. The second-order valence-corrected chi connectivity index (χ2v) is 9.38. The number of carbonyl (C=O) groups is 3. The molecule has 0 fully saturated rings. The van der Waals surface area contributed by atoms with E-state index in [1.54, 1.807) is 49.4 Å². The van der Waals surface area contributed by atoms with Crippen LogP contribution in [0.2, 0.25) is 0 Å². The lowest BCUT2D eigenvalue weighted by Gasteiger charge is -2.36. The molecule has 0 bridgehead atoms. The zero-order chi connectivity index (χ0) is 26.4. The average molecular weight is 498 g/mol. The van der Waals surface area contributed by atoms with Gasteiger partial charge in [-0.15, -0.1) is 0 Å². The van der Waals surface area contributed by atoms with Crippen LogP contribution in [0.3, 0.4) is 0 Å². The van der Waals surface area contributed by atoms with Crippen LogP contribution in [-0.2, 0) is 16.1 Å². The van der Waals surface area contributed by atoms with Gasteiger partial charge in [0.05, 0.1) is 17.2 Å². The number of carbonyl (C=O) groups excluding carboxylic acids is 2. The largest absolute Gasteiger partial charge is 0.491 e. The Morgan fingerprint density at radius 1 is 1.17 bits per heavy atom. The third-order valence-corrected chi connectivity index (χ3v) is 6.52. The highest BCUT2D eigenvalue weighted by atomic mass is 16.5. The van der Waals surface area contributed by atoms with E-state index in [1.165, 1.54) is 6.92 Å². The van der Waals surface area contributed by atoms with Crippen molar-refractivity contribution in [3.05, 3.63) is 59.2 Å². The molecule has 194 valence electrons. The van der Waals surface area contributed by atoms with Gasteiger partial charge in [0, 0.05) is 58.5 Å². The Morgan fingerprint density at radius 3 is 2.56 bits per heavy atom. The van der Waals surface area contributed by atoms with Crippen LogP contribution in [0.5, 0.6) is 5.75 Å². The second-order valence-electron chi connectivity index (χ2n) is 9.38. The predicted octanol–water partition coefficient (Wildman–Crippen LogP) is 3.35. The number of nitrogens with one attached hydrogen (secondary N) is 1. The minimum Gasteiger partial charge on any atom is -0.491 e. The molecule has 2 aromatic rings. The number of hydrogen-bond donors (Lipinski definition) is 2. The summed E-state index contributed by atoms with van der Waals surface area (Å²) in [4.78, 5) is 40.4. The van der Waals surface area contributed by atoms with Gasteiger partial charge in [-0.25, -0.2) is 4.79 Å². The molecule has 9 heteroatoms. The van der Waals surface area contributed by atoms with Crippen LogP contribution < -0.4 is 10.1 Å². The number of likely N-dealkylation sites (N-methyl/N-ethyl adjacent to an activating group) is 1. The van der Waals surface area contributed by atoms with Gasteiger partial charge in [0.2, 0.25) is 5.91 Å². The zero-order valence-electron chi connectivity index (χ0n) is 21.5. The lowest BCUT2D eigenvalue weighted by molar-refractivity contribution is -0.114. The quantitative estimate of drug-likeness (QED) is 0.652. The van der Waals surface area contributed by atoms with Gasteiger partial charge in [-0.2, -0.15) is 0 Å². The highest BCUT2D eigenvalue weighted by Crippen LogP contribution is 2.27. The first kappa shape index (κ1) is 27.2. The van der Waals surface area contributed by atoms with E-state index in [-0.39, 0.29) is 42.0 Å². The van der Waals surface area contributed by atoms with Crippen molar-refractivity contribution in [3.63, 3.8) is 0 Å². The number of hydrogen-bond acceptors (Lipinski definition) is 6. The molecule has 0 aliphatic carbocycles. The van der Waals surface area contributed by atoms with E-state index < -0.39 is 5.97 Å². The normalized spacial score (nSPS) is 21.5. The summed E-state index contributed by atoms with van der Waals surface area (Å²) in [6.45, 7) is 7.15. The summed E-state index contributed by atoms with van der Waals surface area (Å²) in [6, 6.07) is 11.9. The number of aromatic carboxylic acids is 1. The molecule has 0 unspecified atom stereocenters. The first-order valence-corrected chi connectivity index (χ1v) is 12.0. The van der Waals surface area contributed by atoms with Crippen LogP contribution in [0.25, 0.3) is 0 Å². The van der Waals surface area contributed by atoms with E-state index in [4.69, 9.17) is 9.47 Å². The van der Waals surface area contributed by atoms with E-state index in [0.29, 0.717) is 42.2 Å². The third-order valence-electron chi connectivity index (χ3n) is 6.52. The second kappa shape index (κ2) is 12.0. The van der Waals surface area contributed by atoms with Crippen LogP contribution in [0, 0.1) is 5.92 Å². The maximum atomic E-state index is 13.3. The number of fused-ring (bicyclic) bond motifs is 1. The number of rotatable bonds is 5. The standard InChI is InChI=1S/C27H35N3O6/c1-17-13-30(14-20-8-6-7-9-22(20)27(33)34)18(2)16-36-24-12-21(28-19(3)31)10-11-23(24)26(32)29(4)15-25(17)35-5/h6-12,17-18,25H,13-16H2,1-5H3,(H,28,31)(H,33,34)/t17-,18+,25-/m1/s1. The van der Waals surface area contributed by atoms with Crippen LogP contribution in [0.15, 0.2) is 42.5 Å². The van der Waals surface area contributed by atoms with E-state index in [0.717, 1.165) is 0 Å². The molecule has 0 spiro atoms. The number of nitrogens with zero attached hydrogens (tertiary/aromatic N) is 2. The Kier molecular flexibility index (Phi) is 9.06. The zero-order valence-corrected chi connectivity index (χ0v) is 21.5. The van der Waals surface area contributed by atoms with Gasteiger partial charge in [-0.05, 0) is 36.6 Å². The molecule has 1 heterocycles. The Labute approximate surface area is 212 Å². The van der Waals surface area contributed by atoms with E-state index in [2.05, 4.69) is 17.1 Å². The smallest absolute Gasteiger partial charge is 0.336 e.